The van der Waals surface area contributed by atoms with E-state index in [9.17, 15) is 0 Å². The van der Waals surface area contributed by atoms with Crippen molar-refractivity contribution < 1.29 is 0 Å². The number of anilines is 4. The van der Waals surface area contributed by atoms with Crippen molar-refractivity contribution in [3.05, 3.63) is 48.5 Å². The van der Waals surface area contributed by atoms with E-state index in [-0.39, 0.29) is 5.66 Å². The molecule has 0 N–H and O–H groups in total. The number of nitrogens with zero attached hydrogens (tertiary/aromatic N) is 4. The molecule has 2 heterocycles. The maximum atomic E-state index is 2.80. The average molecular weight is 630 g/mol. The molecule has 4 radical (unpaired) electrons. The molecule has 4 nitrogen and oxygen atoms in total. The molecule has 0 saturated carbocycles. The quantitative estimate of drug-likeness (QED) is 0.412. The van der Waals surface area contributed by atoms with Crippen LogP contribution in [0.25, 0.3) is 0 Å². The summed E-state index contributed by atoms with van der Waals surface area (Å²) in [5, 5.41) is 0. The first kappa shape index (κ1) is 23.4. The molecular weight excluding hydrogens is 594 g/mol. The van der Waals surface area contributed by atoms with Crippen molar-refractivity contribution in [2.75, 3.05) is 25.6 Å². The van der Waals surface area contributed by atoms with E-state index in [1.54, 1.807) is 0 Å². The van der Waals surface area contributed by atoms with Gasteiger partial charge in [0, 0.05) is 0 Å². The second-order valence-electron chi connectivity index (χ2n) is 11.6. The van der Waals surface area contributed by atoms with E-state index in [4.69, 9.17) is 0 Å². The topological polar surface area (TPSA) is 13.0 Å². The number of hydrogen-bond acceptors (Lipinski definition) is 4. The van der Waals surface area contributed by atoms with Crippen molar-refractivity contribution in [1.82, 2.24) is 0 Å². The molecule has 0 saturated heterocycles. The zero-order valence-electron chi connectivity index (χ0n) is 20.3. The molecule has 0 spiro atoms. The van der Waals surface area contributed by atoms with Crippen molar-refractivity contribution in [2.45, 2.75) is 61.1 Å². The van der Waals surface area contributed by atoms with Gasteiger partial charge < -0.3 is 0 Å². The predicted octanol–water partition coefficient (Wildman–Crippen LogP) is 5.54. The fourth-order valence-corrected chi connectivity index (χ4v) is 15.0. The van der Waals surface area contributed by atoms with Gasteiger partial charge in [-0.05, 0) is 0 Å². The van der Waals surface area contributed by atoms with Gasteiger partial charge in [-0.15, -0.1) is 0 Å². The third kappa shape index (κ3) is 4.80. The normalized spacial score (nSPS) is 16.8. The van der Waals surface area contributed by atoms with E-state index in [1.165, 1.54) is 22.7 Å². The van der Waals surface area contributed by atoms with Crippen LogP contribution in [-0.4, -0.2) is 62.1 Å². The Morgan fingerprint density at radius 2 is 0.871 bits per heavy atom. The van der Waals surface area contributed by atoms with Crippen molar-refractivity contribution >= 4 is 66.1 Å². The summed E-state index contributed by atoms with van der Waals surface area (Å²) in [7, 11) is 0. The fraction of sp³-hybridized carbons (Fsp3) is 0.520. The monoisotopic (exact) mass is 632 g/mol. The van der Waals surface area contributed by atoms with Gasteiger partial charge in [0.15, 0.2) is 0 Å². The third-order valence-corrected chi connectivity index (χ3v) is 14.9. The third-order valence-electron chi connectivity index (χ3n) is 5.63. The molecule has 2 aliphatic rings. The summed E-state index contributed by atoms with van der Waals surface area (Å²) in [6.45, 7) is 21.3. The second kappa shape index (κ2) is 8.23. The first-order valence-corrected chi connectivity index (χ1v) is 16.3. The number of fused-ring (bicyclic) bond motifs is 2. The molecule has 164 valence electrons. The van der Waals surface area contributed by atoms with Gasteiger partial charge in [0.1, 0.15) is 0 Å². The molecule has 0 aliphatic carbocycles. The van der Waals surface area contributed by atoms with Crippen molar-refractivity contribution in [2.24, 2.45) is 10.8 Å². The Labute approximate surface area is 210 Å². The van der Waals surface area contributed by atoms with Gasteiger partial charge in [-0.25, -0.2) is 0 Å². The van der Waals surface area contributed by atoms with Gasteiger partial charge in [0.25, 0.3) is 0 Å². The Kier molecular flexibility index (Phi) is 6.21. The molecule has 2 aromatic rings. The Morgan fingerprint density at radius 1 is 0.548 bits per heavy atom. The van der Waals surface area contributed by atoms with Gasteiger partial charge in [-0.2, -0.15) is 0 Å². The van der Waals surface area contributed by atoms with Crippen LogP contribution >= 0.6 is 0 Å². The van der Waals surface area contributed by atoms with E-state index < -0.39 is 43.4 Å². The van der Waals surface area contributed by atoms with Crippen LogP contribution in [0.5, 0.6) is 0 Å². The molecule has 31 heavy (non-hydrogen) atoms. The van der Waals surface area contributed by atoms with Crippen LogP contribution in [0, 0.1) is 10.8 Å². The molecular formula is C25H36N4Sn2. The van der Waals surface area contributed by atoms with E-state index in [2.05, 4.69) is 116 Å². The van der Waals surface area contributed by atoms with Crippen LogP contribution in [0.3, 0.4) is 0 Å². The van der Waals surface area contributed by atoms with Gasteiger partial charge in [-0.3, -0.25) is 0 Å². The Balaban J connectivity index is 1.69. The van der Waals surface area contributed by atoms with Gasteiger partial charge in [0.2, 0.25) is 0 Å². The summed E-state index contributed by atoms with van der Waals surface area (Å²) in [6, 6.07) is 18.2. The van der Waals surface area contributed by atoms with Crippen LogP contribution in [-0.2, 0) is 0 Å². The number of benzene rings is 2. The van der Waals surface area contributed by atoms with Crippen LogP contribution in [0.1, 0.15) is 55.4 Å². The van der Waals surface area contributed by atoms with Crippen molar-refractivity contribution in [3.63, 3.8) is 0 Å². The maximum absolute atomic E-state index is 2.80. The Hall–Kier alpha value is -0.763. The first-order chi connectivity index (χ1) is 14.4. The predicted molar refractivity (Wildman–Crippen MR) is 137 cm³/mol. The van der Waals surface area contributed by atoms with E-state index in [0.29, 0.717) is 10.8 Å². The van der Waals surface area contributed by atoms with Crippen molar-refractivity contribution in [1.29, 1.82) is 0 Å². The number of rotatable bonds is 4. The minimum atomic E-state index is -0.967. The first-order valence-electron chi connectivity index (χ1n) is 11.2. The van der Waals surface area contributed by atoms with Crippen LogP contribution < -0.4 is 12.5 Å². The molecule has 0 bridgehead atoms. The van der Waals surface area contributed by atoms with Crippen LogP contribution in [0.15, 0.2) is 48.5 Å². The minimum absolute atomic E-state index is 0.0101. The Bertz CT molecular complexity index is 870. The average Bonchev–Trinajstić information content (AvgIpc) is 3.20. The zero-order chi connectivity index (χ0) is 22.6. The summed E-state index contributed by atoms with van der Waals surface area (Å²) in [4.78, 5) is 0. The summed E-state index contributed by atoms with van der Waals surface area (Å²) in [6.07, 6.45) is 0. The van der Waals surface area contributed by atoms with Crippen LogP contribution in [0.2, 0.25) is 0 Å². The molecule has 4 rings (SSSR count). The molecule has 0 aromatic heterocycles. The summed E-state index contributed by atoms with van der Waals surface area (Å²) in [5.41, 5.74) is 6.36. The van der Waals surface area contributed by atoms with Crippen molar-refractivity contribution in [3.8, 4) is 0 Å². The molecule has 0 fully saturated rings. The zero-order valence-corrected chi connectivity index (χ0v) is 26.0. The second-order valence-corrected chi connectivity index (χ2v) is 18.4. The molecule has 6 heteroatoms. The van der Waals surface area contributed by atoms with E-state index in [1.807, 2.05) is 0 Å². The number of hydrogen-bond donors (Lipinski definition) is 0. The fourth-order valence-electron chi connectivity index (χ4n) is 4.34. The molecule has 2 aromatic carbocycles. The van der Waals surface area contributed by atoms with E-state index >= 15 is 0 Å². The molecule has 0 amide bonds. The standard InChI is InChI=1S/C25H36N4.2Sn/c1-23(2,3)17-26-19-13-9-11-15-21(19)28-25(7,8)29-22-16-12-10-14-20(22)27-18-24(4,5)6;;/h9-16H,17-18H2,1-8H3;;/q-4;2*+2. The van der Waals surface area contributed by atoms with Gasteiger partial charge in [-0.1, -0.05) is 0 Å². The summed E-state index contributed by atoms with van der Waals surface area (Å²) >= 11 is -1.93. The van der Waals surface area contributed by atoms with Gasteiger partial charge >= 0.3 is 212 Å². The summed E-state index contributed by atoms with van der Waals surface area (Å²) < 4.78 is 11.1. The van der Waals surface area contributed by atoms with Gasteiger partial charge in [0.05, 0.1) is 0 Å². The molecule has 0 unspecified atom stereocenters. The number of para-hydroxylation sites is 4. The van der Waals surface area contributed by atoms with E-state index in [0.717, 1.165) is 13.1 Å². The van der Waals surface area contributed by atoms with Crippen LogP contribution in [0.4, 0.5) is 22.7 Å². The molecule has 0 atom stereocenters. The summed E-state index contributed by atoms with van der Waals surface area (Å²) in [5.74, 6) is 0. The SMILES string of the molecule is CC(C)(C)C[N]1[Sn][N](C(C)(C)[N]2[Sn][N](CC(C)(C)C)c3ccccc32)c2ccccc21. The molecule has 2 aliphatic heterocycles. The Morgan fingerprint density at radius 3 is 1.19 bits per heavy atom.